The van der Waals surface area contributed by atoms with Crippen molar-refractivity contribution in [2.75, 3.05) is 26.0 Å². The van der Waals surface area contributed by atoms with Crippen LogP contribution in [-0.4, -0.2) is 47.0 Å². The number of amides is 1. The number of ether oxygens (including phenoxy) is 1. The van der Waals surface area contributed by atoms with E-state index < -0.39 is 0 Å². The number of aromatic nitrogens is 3. The molecule has 31 heavy (non-hydrogen) atoms. The lowest BCUT2D eigenvalue weighted by Gasteiger charge is -2.05. The molecule has 9 heteroatoms. The highest BCUT2D eigenvalue weighted by atomic mass is 35.5. The van der Waals surface area contributed by atoms with Crippen molar-refractivity contribution >= 4 is 51.7 Å². The van der Waals surface area contributed by atoms with E-state index in [2.05, 4.69) is 20.4 Å². The van der Waals surface area contributed by atoms with E-state index in [0.29, 0.717) is 46.8 Å². The highest BCUT2D eigenvalue weighted by molar-refractivity contribution is 6.30. The van der Waals surface area contributed by atoms with Gasteiger partial charge in [0.2, 0.25) is 0 Å². The molecule has 0 bridgehead atoms. The quantitative estimate of drug-likeness (QED) is 0.340. The number of anilines is 1. The number of nitrogens with one attached hydrogen (secondary N) is 1. The minimum Gasteiger partial charge on any atom is -0.385 e. The number of rotatable bonds is 7. The zero-order valence-electron chi connectivity index (χ0n) is 16.9. The number of carbonyl (C=O) groups excluding carboxylic acids is 1. The van der Waals surface area contributed by atoms with Crippen molar-refractivity contribution in [1.29, 1.82) is 0 Å². The molecule has 0 unspecified atom stereocenters. The first-order valence-electron chi connectivity index (χ1n) is 9.72. The van der Waals surface area contributed by atoms with Gasteiger partial charge in [0, 0.05) is 25.3 Å². The zero-order valence-corrected chi connectivity index (χ0v) is 17.6. The van der Waals surface area contributed by atoms with Gasteiger partial charge >= 0.3 is 0 Å². The summed E-state index contributed by atoms with van der Waals surface area (Å²) in [5.41, 5.74) is 9.59. The Bertz CT molecular complexity index is 1270. The number of carbonyl (C=O) groups is 1. The number of hydrogen-bond donors (Lipinski definition) is 2. The lowest BCUT2D eigenvalue weighted by atomic mass is 10.2. The molecule has 4 rings (SSSR count). The van der Waals surface area contributed by atoms with E-state index in [9.17, 15) is 4.79 Å². The molecule has 0 aliphatic heterocycles. The number of nitrogen functional groups attached to an aromatic ring is 1. The van der Waals surface area contributed by atoms with Crippen molar-refractivity contribution in [3.8, 4) is 0 Å². The Labute approximate surface area is 183 Å². The topological polar surface area (TPSA) is 107 Å². The third-order valence-electron chi connectivity index (χ3n) is 4.70. The van der Waals surface area contributed by atoms with Crippen LogP contribution in [0.3, 0.4) is 0 Å². The van der Waals surface area contributed by atoms with Gasteiger partial charge in [0.1, 0.15) is 16.9 Å². The summed E-state index contributed by atoms with van der Waals surface area (Å²) in [6.45, 7) is 1.00. The molecule has 1 amide bonds. The number of hydrogen-bond acceptors (Lipinski definition) is 6. The van der Waals surface area contributed by atoms with Gasteiger partial charge < -0.3 is 15.8 Å². The monoisotopic (exact) mass is 436 g/mol. The molecular weight excluding hydrogens is 416 g/mol. The largest absolute Gasteiger partial charge is 0.385 e. The fourth-order valence-corrected chi connectivity index (χ4v) is 3.29. The van der Waals surface area contributed by atoms with Crippen LogP contribution in [0.5, 0.6) is 0 Å². The molecule has 0 saturated heterocycles. The number of nitrogens with two attached hydrogens (primary N) is 1. The number of para-hydroxylation sites is 2. The minimum atomic E-state index is -0.330. The van der Waals surface area contributed by atoms with Crippen LogP contribution in [0.25, 0.3) is 22.2 Å². The van der Waals surface area contributed by atoms with Crippen molar-refractivity contribution in [3.05, 3.63) is 64.7 Å². The third-order valence-corrected chi connectivity index (χ3v) is 4.96. The summed E-state index contributed by atoms with van der Waals surface area (Å²) in [7, 11) is 1.62. The van der Waals surface area contributed by atoms with Crippen LogP contribution in [0.15, 0.2) is 53.6 Å². The summed E-state index contributed by atoms with van der Waals surface area (Å²) < 4.78 is 6.47. The standard InChI is InChI=1S/C22H21ClN6O2/c1-31-12-4-11-25-22(30)18-19-21(28-17-6-3-2-5-16(17)27-19)29(20(18)24)26-13-14-7-9-15(23)10-8-14/h2-3,5-10,13H,4,11-12,24H2,1H3,(H,25,30)/b26-13-. The second-order valence-corrected chi connectivity index (χ2v) is 7.29. The van der Waals surface area contributed by atoms with Gasteiger partial charge in [0.15, 0.2) is 5.65 Å². The Morgan fingerprint density at radius 3 is 2.61 bits per heavy atom. The zero-order chi connectivity index (χ0) is 21.8. The average Bonchev–Trinajstić information content (AvgIpc) is 3.05. The first-order chi connectivity index (χ1) is 15.1. The molecule has 0 aliphatic carbocycles. The Kier molecular flexibility index (Phi) is 6.11. The molecule has 0 aliphatic rings. The highest BCUT2D eigenvalue weighted by Crippen LogP contribution is 2.27. The van der Waals surface area contributed by atoms with E-state index in [4.69, 9.17) is 22.1 Å². The van der Waals surface area contributed by atoms with Gasteiger partial charge in [0.25, 0.3) is 5.91 Å². The van der Waals surface area contributed by atoms with Gasteiger partial charge in [-0.25, -0.2) is 9.97 Å². The maximum Gasteiger partial charge on any atom is 0.257 e. The maximum atomic E-state index is 12.9. The molecule has 3 N–H and O–H groups in total. The number of methoxy groups -OCH3 is 1. The van der Waals surface area contributed by atoms with E-state index in [-0.39, 0.29) is 17.3 Å². The summed E-state index contributed by atoms with van der Waals surface area (Å²) in [5, 5.41) is 7.97. The summed E-state index contributed by atoms with van der Waals surface area (Å²) in [6, 6.07) is 14.6. The van der Waals surface area contributed by atoms with Gasteiger partial charge in [0.05, 0.1) is 17.2 Å². The minimum absolute atomic E-state index is 0.166. The van der Waals surface area contributed by atoms with Gasteiger partial charge in [-0.1, -0.05) is 35.9 Å². The summed E-state index contributed by atoms with van der Waals surface area (Å²) in [6.07, 6.45) is 2.31. The molecule has 0 spiro atoms. The molecule has 2 aromatic heterocycles. The lowest BCUT2D eigenvalue weighted by molar-refractivity contribution is 0.0951. The first-order valence-corrected chi connectivity index (χ1v) is 10.1. The molecule has 2 heterocycles. The number of fused-ring (bicyclic) bond motifs is 2. The van der Waals surface area contributed by atoms with E-state index in [0.717, 1.165) is 5.56 Å². The highest BCUT2D eigenvalue weighted by Gasteiger charge is 2.23. The second kappa shape index (κ2) is 9.11. The van der Waals surface area contributed by atoms with Crippen LogP contribution in [0.2, 0.25) is 5.02 Å². The van der Waals surface area contributed by atoms with E-state index in [1.54, 1.807) is 25.5 Å². The molecule has 2 aromatic carbocycles. The molecular formula is C22H21ClN6O2. The fourth-order valence-electron chi connectivity index (χ4n) is 3.17. The first kappa shape index (κ1) is 20.8. The Morgan fingerprint density at radius 1 is 1.19 bits per heavy atom. The fraction of sp³-hybridized carbons (Fsp3) is 0.182. The Hall–Kier alpha value is -3.49. The normalized spacial score (nSPS) is 11.5. The van der Waals surface area contributed by atoms with Crippen molar-refractivity contribution in [3.63, 3.8) is 0 Å². The van der Waals surface area contributed by atoms with Gasteiger partial charge in [-0.2, -0.15) is 9.78 Å². The van der Waals surface area contributed by atoms with E-state index in [1.807, 2.05) is 36.4 Å². The predicted molar refractivity (Wildman–Crippen MR) is 123 cm³/mol. The van der Waals surface area contributed by atoms with Crippen molar-refractivity contribution < 1.29 is 9.53 Å². The summed E-state index contributed by atoms with van der Waals surface area (Å²) in [4.78, 5) is 22.2. The SMILES string of the molecule is COCCCNC(=O)c1c(N)n(/N=C\c2ccc(Cl)cc2)c2nc3ccccc3nc12. The van der Waals surface area contributed by atoms with Crippen LogP contribution < -0.4 is 11.1 Å². The van der Waals surface area contributed by atoms with Crippen LogP contribution in [0.4, 0.5) is 5.82 Å². The Balaban J connectivity index is 1.80. The number of halogens is 1. The number of nitrogens with zero attached hydrogens (tertiary/aromatic N) is 4. The lowest BCUT2D eigenvalue weighted by Crippen LogP contribution is -2.26. The van der Waals surface area contributed by atoms with Crippen LogP contribution in [0, 0.1) is 0 Å². The predicted octanol–water partition coefficient (Wildman–Crippen LogP) is 3.47. The number of benzene rings is 2. The van der Waals surface area contributed by atoms with Crippen molar-refractivity contribution in [1.82, 2.24) is 20.0 Å². The Morgan fingerprint density at radius 2 is 1.90 bits per heavy atom. The molecule has 0 fully saturated rings. The molecule has 158 valence electrons. The van der Waals surface area contributed by atoms with E-state index >= 15 is 0 Å². The molecule has 0 radical (unpaired) electrons. The average molecular weight is 437 g/mol. The van der Waals surface area contributed by atoms with Crippen LogP contribution >= 0.6 is 11.6 Å². The second-order valence-electron chi connectivity index (χ2n) is 6.85. The summed E-state index contributed by atoms with van der Waals surface area (Å²) in [5.74, 6) is -0.164. The molecule has 8 nitrogen and oxygen atoms in total. The van der Waals surface area contributed by atoms with Crippen molar-refractivity contribution in [2.45, 2.75) is 6.42 Å². The molecule has 4 aromatic rings. The van der Waals surface area contributed by atoms with E-state index in [1.165, 1.54) is 4.68 Å². The molecule has 0 atom stereocenters. The third kappa shape index (κ3) is 4.35. The maximum absolute atomic E-state index is 12.9. The summed E-state index contributed by atoms with van der Waals surface area (Å²) >= 11 is 5.95. The van der Waals surface area contributed by atoms with Gasteiger partial charge in [-0.3, -0.25) is 4.79 Å². The van der Waals surface area contributed by atoms with Gasteiger partial charge in [-0.15, -0.1) is 0 Å². The van der Waals surface area contributed by atoms with Crippen LogP contribution in [0.1, 0.15) is 22.3 Å². The van der Waals surface area contributed by atoms with Crippen LogP contribution in [-0.2, 0) is 4.74 Å². The van der Waals surface area contributed by atoms with Crippen molar-refractivity contribution in [2.24, 2.45) is 5.10 Å². The molecule has 0 saturated carbocycles. The smallest absolute Gasteiger partial charge is 0.257 e. The van der Waals surface area contributed by atoms with Gasteiger partial charge in [-0.05, 0) is 36.2 Å².